The lowest BCUT2D eigenvalue weighted by Gasteiger charge is -2.38. The van der Waals surface area contributed by atoms with E-state index in [4.69, 9.17) is 4.74 Å². The molecule has 0 spiro atoms. The summed E-state index contributed by atoms with van der Waals surface area (Å²) >= 11 is 0. The zero-order valence-electron chi connectivity index (χ0n) is 13.0. The maximum Gasteiger partial charge on any atom is 0.216 e. The van der Waals surface area contributed by atoms with Gasteiger partial charge in [0.1, 0.15) is 0 Å². The van der Waals surface area contributed by atoms with Crippen LogP contribution in [0.25, 0.3) is 0 Å². The number of carbonyl (C=O) groups excluding carboxylic acids is 1. The molecule has 0 radical (unpaired) electrons. The Bertz CT molecular complexity index is 367. The molecule has 1 amide bonds. The maximum absolute atomic E-state index is 11.0. The van der Waals surface area contributed by atoms with Gasteiger partial charge in [-0.2, -0.15) is 0 Å². The molecule has 4 heteroatoms. The maximum atomic E-state index is 11.0. The predicted octanol–water partition coefficient (Wildman–Crippen LogP) is 1.82. The van der Waals surface area contributed by atoms with Crippen molar-refractivity contribution in [1.82, 2.24) is 10.2 Å². The first-order valence-electron chi connectivity index (χ1n) is 7.81. The highest BCUT2D eigenvalue weighted by Crippen LogP contribution is 2.31. The van der Waals surface area contributed by atoms with Gasteiger partial charge in [0.15, 0.2) is 0 Å². The standard InChI is InChI=1S/C16H28N2O2/c1-12-5-4-6-13(2)16(12)11-18-7-8-20-15(10-18)9-17-14(3)19/h5,13,15-16H,4,6-11H2,1-3H3,(H,17,19)/t13-,15+,16-/m0/s1. The van der Waals surface area contributed by atoms with Crippen LogP contribution in [0.15, 0.2) is 11.6 Å². The molecule has 0 unspecified atom stereocenters. The van der Waals surface area contributed by atoms with Gasteiger partial charge in [0.05, 0.1) is 12.7 Å². The lowest BCUT2D eigenvalue weighted by molar-refractivity contribution is -0.120. The number of morpholine rings is 1. The van der Waals surface area contributed by atoms with Crippen LogP contribution in [-0.4, -0.2) is 49.7 Å². The number of rotatable bonds is 4. The summed E-state index contributed by atoms with van der Waals surface area (Å²) in [4.78, 5) is 13.5. The lowest BCUT2D eigenvalue weighted by Crippen LogP contribution is -2.49. The number of hydrogen-bond donors (Lipinski definition) is 1. The van der Waals surface area contributed by atoms with Gasteiger partial charge in [0.25, 0.3) is 0 Å². The van der Waals surface area contributed by atoms with Gasteiger partial charge in [0.2, 0.25) is 5.91 Å². The number of nitrogens with one attached hydrogen (secondary N) is 1. The van der Waals surface area contributed by atoms with Gasteiger partial charge in [0, 0.05) is 33.1 Å². The highest BCUT2D eigenvalue weighted by molar-refractivity contribution is 5.72. The third-order valence-corrected chi connectivity index (χ3v) is 4.62. The van der Waals surface area contributed by atoms with Gasteiger partial charge >= 0.3 is 0 Å². The summed E-state index contributed by atoms with van der Waals surface area (Å²) in [6.07, 6.45) is 5.08. The molecule has 0 saturated carbocycles. The summed E-state index contributed by atoms with van der Waals surface area (Å²) in [5.41, 5.74) is 1.55. The number of nitrogens with zero attached hydrogens (tertiary/aromatic N) is 1. The summed E-state index contributed by atoms with van der Waals surface area (Å²) in [6.45, 7) is 10.7. The van der Waals surface area contributed by atoms with E-state index in [-0.39, 0.29) is 12.0 Å². The molecule has 1 saturated heterocycles. The normalized spacial score (nSPS) is 31.8. The van der Waals surface area contributed by atoms with Crippen LogP contribution >= 0.6 is 0 Å². The first-order valence-corrected chi connectivity index (χ1v) is 7.81. The van der Waals surface area contributed by atoms with Gasteiger partial charge in [-0.15, -0.1) is 0 Å². The van der Waals surface area contributed by atoms with Gasteiger partial charge < -0.3 is 10.1 Å². The Morgan fingerprint density at radius 1 is 1.55 bits per heavy atom. The molecule has 0 aromatic carbocycles. The molecular formula is C16H28N2O2. The van der Waals surface area contributed by atoms with E-state index in [9.17, 15) is 4.79 Å². The van der Waals surface area contributed by atoms with E-state index in [1.807, 2.05) is 0 Å². The van der Waals surface area contributed by atoms with Crippen molar-refractivity contribution in [3.05, 3.63) is 11.6 Å². The number of allylic oxidation sites excluding steroid dienone is 1. The molecule has 2 aliphatic rings. The second-order valence-electron chi connectivity index (χ2n) is 6.30. The van der Waals surface area contributed by atoms with Gasteiger partial charge in [-0.05, 0) is 31.6 Å². The Labute approximate surface area is 122 Å². The summed E-state index contributed by atoms with van der Waals surface area (Å²) in [5, 5.41) is 2.85. The van der Waals surface area contributed by atoms with Crippen molar-refractivity contribution in [1.29, 1.82) is 0 Å². The molecule has 0 aromatic rings. The van der Waals surface area contributed by atoms with Crippen molar-refractivity contribution in [2.45, 2.75) is 39.7 Å². The summed E-state index contributed by atoms with van der Waals surface area (Å²) in [6, 6.07) is 0. The molecule has 2 rings (SSSR count). The second-order valence-corrected chi connectivity index (χ2v) is 6.30. The van der Waals surface area contributed by atoms with E-state index in [2.05, 4.69) is 30.1 Å². The fourth-order valence-corrected chi connectivity index (χ4v) is 3.30. The third kappa shape index (κ3) is 4.32. The van der Waals surface area contributed by atoms with Crippen LogP contribution in [0, 0.1) is 11.8 Å². The SMILES string of the molecule is CC(=O)NC[C@@H]1CN(C[C@H]2C(C)=CCC[C@@H]2C)CCO1. The molecule has 1 heterocycles. The van der Waals surface area contributed by atoms with Gasteiger partial charge in [-0.3, -0.25) is 9.69 Å². The first-order chi connectivity index (χ1) is 9.56. The zero-order valence-corrected chi connectivity index (χ0v) is 13.0. The number of ether oxygens (including phenoxy) is 1. The van der Waals surface area contributed by atoms with Crippen molar-refractivity contribution in [2.75, 3.05) is 32.8 Å². The predicted molar refractivity (Wildman–Crippen MR) is 80.5 cm³/mol. The van der Waals surface area contributed by atoms with Crippen LogP contribution in [0.1, 0.15) is 33.6 Å². The smallest absolute Gasteiger partial charge is 0.216 e. The summed E-state index contributed by atoms with van der Waals surface area (Å²) in [5.74, 6) is 1.48. The topological polar surface area (TPSA) is 41.6 Å². The molecule has 0 bridgehead atoms. The van der Waals surface area contributed by atoms with Crippen molar-refractivity contribution < 1.29 is 9.53 Å². The molecule has 3 atom stereocenters. The van der Waals surface area contributed by atoms with Crippen molar-refractivity contribution in [3.8, 4) is 0 Å². The Hall–Kier alpha value is -0.870. The average molecular weight is 280 g/mol. The van der Waals surface area contributed by atoms with Crippen LogP contribution in [-0.2, 0) is 9.53 Å². The van der Waals surface area contributed by atoms with E-state index in [0.29, 0.717) is 12.5 Å². The summed E-state index contributed by atoms with van der Waals surface area (Å²) < 4.78 is 5.73. The largest absolute Gasteiger partial charge is 0.374 e. The molecule has 4 nitrogen and oxygen atoms in total. The highest BCUT2D eigenvalue weighted by atomic mass is 16.5. The first kappa shape index (κ1) is 15.5. The Balaban J connectivity index is 1.84. The van der Waals surface area contributed by atoms with E-state index < -0.39 is 0 Å². The molecular weight excluding hydrogens is 252 g/mol. The van der Waals surface area contributed by atoms with E-state index in [0.717, 1.165) is 32.2 Å². The van der Waals surface area contributed by atoms with Gasteiger partial charge in [-0.1, -0.05) is 18.6 Å². The number of amides is 1. The molecule has 1 aliphatic carbocycles. The van der Waals surface area contributed by atoms with Crippen LogP contribution in [0.3, 0.4) is 0 Å². The van der Waals surface area contributed by atoms with Crippen molar-refractivity contribution in [3.63, 3.8) is 0 Å². The lowest BCUT2D eigenvalue weighted by atomic mass is 9.79. The second kappa shape index (κ2) is 7.23. The molecule has 0 aromatic heterocycles. The van der Waals surface area contributed by atoms with Crippen LogP contribution in [0.5, 0.6) is 0 Å². The Morgan fingerprint density at radius 3 is 3.05 bits per heavy atom. The molecule has 1 fully saturated rings. The number of carbonyl (C=O) groups is 1. The number of hydrogen-bond acceptors (Lipinski definition) is 3. The van der Waals surface area contributed by atoms with Gasteiger partial charge in [-0.25, -0.2) is 0 Å². The molecule has 1 aliphatic heterocycles. The van der Waals surface area contributed by atoms with E-state index in [1.165, 1.54) is 12.8 Å². The van der Waals surface area contributed by atoms with E-state index >= 15 is 0 Å². The molecule has 20 heavy (non-hydrogen) atoms. The fourth-order valence-electron chi connectivity index (χ4n) is 3.30. The quantitative estimate of drug-likeness (QED) is 0.799. The van der Waals surface area contributed by atoms with E-state index in [1.54, 1.807) is 12.5 Å². The minimum Gasteiger partial charge on any atom is -0.374 e. The summed E-state index contributed by atoms with van der Waals surface area (Å²) in [7, 11) is 0. The molecule has 1 N–H and O–H groups in total. The van der Waals surface area contributed by atoms with Crippen molar-refractivity contribution >= 4 is 5.91 Å². The zero-order chi connectivity index (χ0) is 14.5. The fraction of sp³-hybridized carbons (Fsp3) is 0.812. The van der Waals surface area contributed by atoms with Crippen LogP contribution < -0.4 is 5.32 Å². The minimum absolute atomic E-state index is 0.0189. The minimum atomic E-state index is 0.0189. The third-order valence-electron chi connectivity index (χ3n) is 4.62. The Morgan fingerprint density at radius 2 is 2.35 bits per heavy atom. The average Bonchev–Trinajstić information content (AvgIpc) is 2.41. The van der Waals surface area contributed by atoms with Crippen molar-refractivity contribution in [2.24, 2.45) is 11.8 Å². The van der Waals surface area contributed by atoms with Crippen LogP contribution in [0.2, 0.25) is 0 Å². The molecule has 114 valence electrons. The monoisotopic (exact) mass is 280 g/mol. The van der Waals surface area contributed by atoms with Crippen LogP contribution in [0.4, 0.5) is 0 Å². The highest BCUT2D eigenvalue weighted by Gasteiger charge is 2.27. The Kier molecular flexibility index (Phi) is 5.61.